The summed E-state index contributed by atoms with van der Waals surface area (Å²) in [7, 11) is 0. The van der Waals surface area contributed by atoms with Crippen molar-refractivity contribution in [3.8, 4) is 6.07 Å². The van der Waals surface area contributed by atoms with Gasteiger partial charge in [-0.3, -0.25) is 0 Å². The third kappa shape index (κ3) is 2.75. The number of nitrogens with zero attached hydrogens (tertiary/aromatic N) is 2. The van der Waals surface area contributed by atoms with E-state index in [0.717, 1.165) is 18.8 Å². The van der Waals surface area contributed by atoms with Crippen LogP contribution in [0.5, 0.6) is 0 Å². The van der Waals surface area contributed by atoms with Gasteiger partial charge in [0.1, 0.15) is 5.82 Å². The second kappa shape index (κ2) is 5.15. The molecule has 1 N–H and O–H groups in total. The average Bonchev–Trinajstić information content (AvgIpc) is 2.32. The van der Waals surface area contributed by atoms with Gasteiger partial charge in [-0.05, 0) is 25.1 Å². The van der Waals surface area contributed by atoms with Gasteiger partial charge in [-0.15, -0.1) is 0 Å². The summed E-state index contributed by atoms with van der Waals surface area (Å²) < 4.78 is 13.2. The van der Waals surface area contributed by atoms with Crippen molar-refractivity contribution in [1.29, 1.82) is 5.26 Å². The SMILES string of the molecule is CC1CNC(CC#N)CN1c1cccc(F)c1. The Kier molecular flexibility index (Phi) is 3.60. The Balaban J connectivity index is 2.15. The lowest BCUT2D eigenvalue weighted by Gasteiger charge is -2.39. The molecule has 1 aliphatic heterocycles. The van der Waals surface area contributed by atoms with Crippen molar-refractivity contribution < 1.29 is 4.39 Å². The first-order valence-corrected chi connectivity index (χ1v) is 5.83. The molecule has 17 heavy (non-hydrogen) atoms. The summed E-state index contributed by atoms with van der Waals surface area (Å²) >= 11 is 0. The molecule has 1 fully saturated rings. The van der Waals surface area contributed by atoms with Gasteiger partial charge in [0.2, 0.25) is 0 Å². The molecule has 0 amide bonds. The Morgan fingerprint density at radius 2 is 2.41 bits per heavy atom. The van der Waals surface area contributed by atoms with Crippen LogP contribution in [0.3, 0.4) is 0 Å². The monoisotopic (exact) mass is 233 g/mol. The van der Waals surface area contributed by atoms with Crippen LogP contribution in [0.4, 0.5) is 10.1 Å². The number of benzene rings is 1. The Hall–Kier alpha value is -1.60. The molecule has 1 aliphatic rings. The van der Waals surface area contributed by atoms with Crippen molar-refractivity contribution >= 4 is 5.69 Å². The number of piperazine rings is 1. The largest absolute Gasteiger partial charge is 0.366 e. The van der Waals surface area contributed by atoms with E-state index in [1.54, 1.807) is 12.1 Å². The Morgan fingerprint density at radius 3 is 3.12 bits per heavy atom. The van der Waals surface area contributed by atoms with Crippen LogP contribution < -0.4 is 10.2 Å². The predicted molar refractivity (Wildman–Crippen MR) is 65.2 cm³/mol. The molecule has 1 aromatic carbocycles. The van der Waals surface area contributed by atoms with E-state index in [0.29, 0.717) is 12.5 Å². The molecule has 4 heteroatoms. The zero-order chi connectivity index (χ0) is 12.3. The topological polar surface area (TPSA) is 39.1 Å². The Morgan fingerprint density at radius 1 is 1.59 bits per heavy atom. The molecule has 90 valence electrons. The van der Waals surface area contributed by atoms with Crippen molar-refractivity contribution in [2.45, 2.75) is 25.4 Å². The number of halogens is 1. The maximum absolute atomic E-state index is 13.2. The zero-order valence-electron chi connectivity index (χ0n) is 9.86. The highest BCUT2D eigenvalue weighted by atomic mass is 19.1. The fourth-order valence-electron chi connectivity index (χ4n) is 2.19. The van der Waals surface area contributed by atoms with Crippen molar-refractivity contribution in [1.82, 2.24) is 5.32 Å². The summed E-state index contributed by atoms with van der Waals surface area (Å²) in [4.78, 5) is 2.15. The van der Waals surface area contributed by atoms with E-state index in [4.69, 9.17) is 5.26 Å². The predicted octanol–water partition coefficient (Wildman–Crippen LogP) is 1.91. The van der Waals surface area contributed by atoms with Gasteiger partial charge in [-0.2, -0.15) is 5.26 Å². The van der Waals surface area contributed by atoms with Gasteiger partial charge in [0.15, 0.2) is 0 Å². The number of hydrogen-bond acceptors (Lipinski definition) is 3. The van der Waals surface area contributed by atoms with Gasteiger partial charge in [-0.1, -0.05) is 6.07 Å². The molecule has 1 saturated heterocycles. The summed E-state index contributed by atoms with van der Waals surface area (Å²) in [5.74, 6) is -0.218. The molecule has 2 atom stereocenters. The average molecular weight is 233 g/mol. The van der Waals surface area contributed by atoms with Crippen LogP contribution in [0.15, 0.2) is 24.3 Å². The highest BCUT2D eigenvalue weighted by Crippen LogP contribution is 2.21. The van der Waals surface area contributed by atoms with Gasteiger partial charge in [0.25, 0.3) is 0 Å². The van der Waals surface area contributed by atoms with Gasteiger partial charge in [-0.25, -0.2) is 4.39 Å². The molecule has 1 aromatic rings. The molecular formula is C13H16FN3. The van der Waals surface area contributed by atoms with E-state index < -0.39 is 0 Å². The summed E-state index contributed by atoms with van der Waals surface area (Å²) in [6.45, 7) is 3.67. The van der Waals surface area contributed by atoms with Crippen molar-refractivity contribution in [2.24, 2.45) is 0 Å². The van der Waals surface area contributed by atoms with Gasteiger partial charge >= 0.3 is 0 Å². The third-order valence-electron chi connectivity index (χ3n) is 3.13. The highest BCUT2D eigenvalue weighted by Gasteiger charge is 2.24. The number of hydrogen-bond donors (Lipinski definition) is 1. The first kappa shape index (κ1) is 11.9. The standard InChI is InChI=1S/C13H16FN3/c1-10-8-16-12(5-6-15)9-17(10)13-4-2-3-11(14)7-13/h2-4,7,10,12,16H,5,8-9H2,1H3. The molecule has 0 aliphatic carbocycles. The minimum Gasteiger partial charge on any atom is -0.366 e. The third-order valence-corrected chi connectivity index (χ3v) is 3.13. The molecule has 0 radical (unpaired) electrons. The van der Waals surface area contributed by atoms with Crippen LogP contribution in [-0.2, 0) is 0 Å². The van der Waals surface area contributed by atoms with Crippen molar-refractivity contribution in [3.05, 3.63) is 30.1 Å². The van der Waals surface area contributed by atoms with E-state index in [2.05, 4.69) is 23.2 Å². The highest BCUT2D eigenvalue weighted by molar-refractivity contribution is 5.48. The van der Waals surface area contributed by atoms with Crippen molar-refractivity contribution in [2.75, 3.05) is 18.0 Å². The molecule has 2 unspecified atom stereocenters. The minimum atomic E-state index is -0.218. The molecule has 0 aromatic heterocycles. The van der Waals surface area contributed by atoms with Crippen LogP contribution in [0.25, 0.3) is 0 Å². The maximum atomic E-state index is 13.2. The lowest BCUT2D eigenvalue weighted by atomic mass is 10.1. The Labute approximate surface area is 101 Å². The van der Waals surface area contributed by atoms with Crippen LogP contribution in [0, 0.1) is 17.1 Å². The van der Waals surface area contributed by atoms with E-state index in [9.17, 15) is 4.39 Å². The zero-order valence-corrected chi connectivity index (χ0v) is 9.86. The molecule has 0 bridgehead atoms. The lowest BCUT2D eigenvalue weighted by Crippen LogP contribution is -2.55. The normalized spacial score (nSPS) is 24.4. The smallest absolute Gasteiger partial charge is 0.125 e. The second-order valence-electron chi connectivity index (χ2n) is 4.45. The summed E-state index contributed by atoms with van der Waals surface area (Å²) in [6.07, 6.45) is 0.485. The minimum absolute atomic E-state index is 0.166. The van der Waals surface area contributed by atoms with Crippen LogP contribution >= 0.6 is 0 Å². The molecular weight excluding hydrogens is 217 g/mol. The van der Waals surface area contributed by atoms with E-state index in [1.807, 2.05) is 6.07 Å². The summed E-state index contributed by atoms with van der Waals surface area (Å²) in [5, 5.41) is 12.0. The first-order chi connectivity index (χ1) is 8.20. The number of anilines is 1. The van der Waals surface area contributed by atoms with Gasteiger partial charge < -0.3 is 10.2 Å². The quantitative estimate of drug-likeness (QED) is 0.848. The number of nitrogens with one attached hydrogen (secondary N) is 1. The summed E-state index contributed by atoms with van der Waals surface area (Å²) in [5.41, 5.74) is 0.891. The maximum Gasteiger partial charge on any atom is 0.125 e. The molecule has 1 heterocycles. The van der Waals surface area contributed by atoms with Crippen LogP contribution in [0.2, 0.25) is 0 Å². The van der Waals surface area contributed by atoms with Gasteiger partial charge in [0, 0.05) is 30.9 Å². The van der Waals surface area contributed by atoms with Crippen LogP contribution in [0.1, 0.15) is 13.3 Å². The fraction of sp³-hybridized carbons (Fsp3) is 0.462. The first-order valence-electron chi connectivity index (χ1n) is 5.83. The van der Waals surface area contributed by atoms with E-state index >= 15 is 0 Å². The van der Waals surface area contributed by atoms with E-state index in [1.165, 1.54) is 6.07 Å². The summed E-state index contributed by atoms with van der Waals surface area (Å²) in [6, 6.07) is 9.28. The Bertz CT molecular complexity index is 427. The number of rotatable bonds is 2. The molecule has 3 nitrogen and oxygen atoms in total. The molecule has 0 saturated carbocycles. The second-order valence-corrected chi connectivity index (χ2v) is 4.45. The van der Waals surface area contributed by atoms with Crippen molar-refractivity contribution in [3.63, 3.8) is 0 Å². The number of nitriles is 1. The van der Waals surface area contributed by atoms with Crippen LogP contribution in [-0.4, -0.2) is 25.2 Å². The molecule has 2 rings (SSSR count). The lowest BCUT2D eigenvalue weighted by molar-refractivity contribution is 0.408. The fourth-order valence-corrected chi connectivity index (χ4v) is 2.19. The van der Waals surface area contributed by atoms with E-state index in [-0.39, 0.29) is 11.9 Å². The molecule has 0 spiro atoms. The van der Waals surface area contributed by atoms with Gasteiger partial charge in [0.05, 0.1) is 12.5 Å².